The smallest absolute Gasteiger partial charge is 0.312 e. The van der Waals surface area contributed by atoms with Crippen LogP contribution in [-0.2, 0) is 16.6 Å². The molecule has 0 aliphatic heterocycles. The van der Waals surface area contributed by atoms with Crippen molar-refractivity contribution in [2.75, 3.05) is 13.1 Å². The Kier molecular flexibility index (Phi) is 4.96. The minimum Gasteiger partial charge on any atom is -0.312 e. The first-order valence-electron chi connectivity index (χ1n) is 6.61. The summed E-state index contributed by atoms with van der Waals surface area (Å²) in [5.74, 6) is 0. The lowest BCUT2D eigenvalue weighted by Crippen LogP contribution is -2.40. The Morgan fingerprint density at radius 3 is 2.62 bits per heavy atom. The standard InChI is InChI=1S/C12H17F3N2O2S2/c1-2-16-6-10-5-11(7-20-10)21(18,19)17(9-3-4-9)8-12(13,14)15/h5,7,9,16H,2-4,6,8H2,1H3. The first-order valence-corrected chi connectivity index (χ1v) is 8.92. The summed E-state index contributed by atoms with van der Waals surface area (Å²) in [7, 11) is -4.08. The molecule has 1 saturated carbocycles. The first-order chi connectivity index (χ1) is 9.74. The molecule has 2 rings (SSSR count). The van der Waals surface area contributed by atoms with E-state index >= 15 is 0 Å². The average molecular weight is 342 g/mol. The maximum atomic E-state index is 12.6. The number of nitrogens with zero attached hydrogens (tertiary/aromatic N) is 1. The van der Waals surface area contributed by atoms with E-state index in [1.54, 1.807) is 0 Å². The molecule has 0 saturated heterocycles. The van der Waals surface area contributed by atoms with Crippen LogP contribution in [0.2, 0.25) is 0 Å². The van der Waals surface area contributed by atoms with Crippen molar-refractivity contribution in [3.05, 3.63) is 16.3 Å². The van der Waals surface area contributed by atoms with E-state index in [9.17, 15) is 21.6 Å². The number of hydrogen-bond acceptors (Lipinski definition) is 4. The summed E-state index contributed by atoms with van der Waals surface area (Å²) in [6.45, 7) is 1.75. The van der Waals surface area contributed by atoms with E-state index in [0.717, 1.165) is 11.4 Å². The Hall–Kier alpha value is -0.640. The van der Waals surface area contributed by atoms with Gasteiger partial charge in [0.2, 0.25) is 10.0 Å². The van der Waals surface area contributed by atoms with Gasteiger partial charge in [0, 0.05) is 22.8 Å². The number of thiophene rings is 1. The minimum atomic E-state index is -4.53. The van der Waals surface area contributed by atoms with Gasteiger partial charge in [0.25, 0.3) is 0 Å². The Labute approximate surface area is 126 Å². The van der Waals surface area contributed by atoms with Crippen molar-refractivity contribution in [3.63, 3.8) is 0 Å². The van der Waals surface area contributed by atoms with Crippen LogP contribution in [0.15, 0.2) is 16.3 Å². The fraction of sp³-hybridized carbons (Fsp3) is 0.667. The summed E-state index contributed by atoms with van der Waals surface area (Å²) in [5.41, 5.74) is 0. The highest BCUT2D eigenvalue weighted by molar-refractivity contribution is 7.89. The summed E-state index contributed by atoms with van der Waals surface area (Å²) in [6.07, 6.45) is -3.55. The van der Waals surface area contributed by atoms with E-state index in [0.29, 0.717) is 23.7 Å². The van der Waals surface area contributed by atoms with Crippen molar-refractivity contribution in [1.82, 2.24) is 9.62 Å². The molecule has 1 aromatic rings. The molecular formula is C12H17F3N2O2S2. The van der Waals surface area contributed by atoms with Crippen LogP contribution >= 0.6 is 11.3 Å². The van der Waals surface area contributed by atoms with E-state index in [4.69, 9.17) is 0 Å². The molecule has 1 aliphatic carbocycles. The van der Waals surface area contributed by atoms with Crippen molar-refractivity contribution in [2.45, 2.75) is 43.4 Å². The molecule has 0 aromatic carbocycles. The van der Waals surface area contributed by atoms with Crippen molar-refractivity contribution >= 4 is 21.4 Å². The molecule has 1 fully saturated rings. The SMILES string of the molecule is CCNCc1cc(S(=O)(=O)N(CC(F)(F)F)C2CC2)cs1. The molecular weight excluding hydrogens is 325 g/mol. The van der Waals surface area contributed by atoms with Crippen LogP contribution in [0.4, 0.5) is 13.2 Å². The summed E-state index contributed by atoms with van der Waals surface area (Å²) in [5, 5.41) is 4.46. The lowest BCUT2D eigenvalue weighted by atomic mass is 10.4. The zero-order chi connectivity index (χ0) is 15.7. The summed E-state index contributed by atoms with van der Waals surface area (Å²) in [6, 6.07) is 0.933. The van der Waals surface area contributed by atoms with E-state index in [1.807, 2.05) is 6.92 Å². The van der Waals surface area contributed by atoms with Gasteiger partial charge in [-0.05, 0) is 25.5 Å². The molecule has 0 atom stereocenters. The Morgan fingerprint density at radius 1 is 1.43 bits per heavy atom. The van der Waals surface area contributed by atoms with Crippen molar-refractivity contribution in [1.29, 1.82) is 0 Å². The molecule has 1 heterocycles. The van der Waals surface area contributed by atoms with E-state index in [1.165, 1.54) is 22.8 Å². The highest BCUT2D eigenvalue weighted by Crippen LogP contribution is 2.35. The summed E-state index contributed by atoms with van der Waals surface area (Å²) in [4.78, 5) is 0.745. The quantitative estimate of drug-likeness (QED) is 0.829. The topological polar surface area (TPSA) is 49.4 Å². The van der Waals surface area contributed by atoms with Crippen LogP contribution in [0.3, 0.4) is 0 Å². The van der Waals surface area contributed by atoms with Crippen molar-refractivity contribution in [3.8, 4) is 0 Å². The molecule has 120 valence electrons. The van der Waals surface area contributed by atoms with Gasteiger partial charge in [-0.15, -0.1) is 11.3 Å². The molecule has 1 aromatic heterocycles. The van der Waals surface area contributed by atoms with Crippen LogP contribution in [0.1, 0.15) is 24.6 Å². The fourth-order valence-corrected chi connectivity index (χ4v) is 4.82. The Bertz CT molecular complexity index is 580. The molecule has 9 heteroatoms. The largest absolute Gasteiger partial charge is 0.402 e. The van der Waals surface area contributed by atoms with Gasteiger partial charge in [0.05, 0.1) is 4.90 Å². The van der Waals surface area contributed by atoms with Gasteiger partial charge in [0.1, 0.15) is 6.54 Å². The van der Waals surface area contributed by atoms with Crippen molar-refractivity contribution < 1.29 is 21.6 Å². The normalized spacial score (nSPS) is 16.6. The van der Waals surface area contributed by atoms with Gasteiger partial charge in [-0.25, -0.2) is 8.42 Å². The van der Waals surface area contributed by atoms with Crippen LogP contribution < -0.4 is 5.32 Å². The molecule has 0 bridgehead atoms. The van der Waals surface area contributed by atoms with E-state index in [-0.39, 0.29) is 4.90 Å². The first kappa shape index (κ1) is 16.7. The minimum absolute atomic E-state index is 0.0449. The number of sulfonamides is 1. The second kappa shape index (κ2) is 6.23. The van der Waals surface area contributed by atoms with E-state index < -0.39 is 28.8 Å². The molecule has 1 aliphatic rings. The van der Waals surface area contributed by atoms with E-state index in [2.05, 4.69) is 5.32 Å². The molecule has 0 amide bonds. The number of alkyl halides is 3. The summed E-state index contributed by atoms with van der Waals surface area (Å²) < 4.78 is 63.2. The molecule has 4 nitrogen and oxygen atoms in total. The van der Waals surface area contributed by atoms with Gasteiger partial charge in [0.15, 0.2) is 0 Å². The van der Waals surface area contributed by atoms with Crippen LogP contribution in [-0.4, -0.2) is 38.0 Å². The molecule has 21 heavy (non-hydrogen) atoms. The third-order valence-corrected chi connectivity index (χ3v) is 6.04. The molecule has 1 N–H and O–H groups in total. The number of rotatable bonds is 7. The third kappa shape index (κ3) is 4.41. The molecule has 0 unspecified atom stereocenters. The predicted molar refractivity (Wildman–Crippen MR) is 74.7 cm³/mol. The third-order valence-electron chi connectivity index (χ3n) is 3.07. The molecule has 0 spiro atoms. The van der Waals surface area contributed by atoms with Gasteiger partial charge < -0.3 is 5.32 Å². The maximum absolute atomic E-state index is 12.6. The van der Waals surface area contributed by atoms with Crippen molar-refractivity contribution in [2.24, 2.45) is 0 Å². The lowest BCUT2D eigenvalue weighted by Gasteiger charge is -2.22. The Balaban J connectivity index is 2.20. The fourth-order valence-electron chi connectivity index (χ4n) is 1.92. The number of hydrogen-bond donors (Lipinski definition) is 1. The Morgan fingerprint density at radius 2 is 2.10 bits per heavy atom. The lowest BCUT2D eigenvalue weighted by molar-refractivity contribution is -0.137. The number of halogens is 3. The molecule has 0 radical (unpaired) electrons. The average Bonchev–Trinajstić information content (AvgIpc) is 3.10. The monoisotopic (exact) mass is 342 g/mol. The number of nitrogens with one attached hydrogen (secondary N) is 1. The van der Waals surface area contributed by atoms with Gasteiger partial charge in [-0.3, -0.25) is 0 Å². The zero-order valence-corrected chi connectivity index (χ0v) is 13.1. The summed E-state index contributed by atoms with van der Waals surface area (Å²) >= 11 is 1.23. The van der Waals surface area contributed by atoms with Gasteiger partial charge in [-0.1, -0.05) is 6.92 Å². The predicted octanol–water partition coefficient (Wildman–Crippen LogP) is 2.57. The second-order valence-electron chi connectivity index (χ2n) is 4.93. The zero-order valence-electron chi connectivity index (χ0n) is 11.5. The maximum Gasteiger partial charge on any atom is 0.402 e. The van der Waals surface area contributed by atoms with Crippen LogP contribution in [0, 0.1) is 0 Å². The van der Waals surface area contributed by atoms with Crippen LogP contribution in [0.25, 0.3) is 0 Å². The second-order valence-corrected chi connectivity index (χ2v) is 7.81. The van der Waals surface area contributed by atoms with Gasteiger partial charge in [-0.2, -0.15) is 17.5 Å². The van der Waals surface area contributed by atoms with Gasteiger partial charge >= 0.3 is 6.18 Å². The highest BCUT2D eigenvalue weighted by Gasteiger charge is 2.44. The highest BCUT2D eigenvalue weighted by atomic mass is 32.2. The van der Waals surface area contributed by atoms with Crippen LogP contribution in [0.5, 0.6) is 0 Å².